The zero-order chi connectivity index (χ0) is 17.2. The van der Waals surface area contributed by atoms with Crippen molar-refractivity contribution in [3.8, 4) is 0 Å². The molecule has 0 saturated heterocycles. The van der Waals surface area contributed by atoms with Crippen molar-refractivity contribution in [1.82, 2.24) is 5.32 Å². The van der Waals surface area contributed by atoms with Gasteiger partial charge in [-0.05, 0) is 51.3 Å². The minimum atomic E-state index is -0.997. The van der Waals surface area contributed by atoms with Gasteiger partial charge in [-0.15, -0.1) is 0 Å². The minimum Gasteiger partial charge on any atom is -0.379 e. The highest BCUT2D eigenvalue weighted by molar-refractivity contribution is 5.91. The number of carbonyl (C=O) groups is 2. The number of ketones is 1. The van der Waals surface area contributed by atoms with Crippen molar-refractivity contribution in [3.63, 3.8) is 0 Å². The Morgan fingerprint density at radius 3 is 3.00 bits per heavy atom. The molecule has 2 aliphatic heterocycles. The highest BCUT2D eigenvalue weighted by Gasteiger charge is 2.41. The van der Waals surface area contributed by atoms with Crippen molar-refractivity contribution in [2.45, 2.75) is 31.8 Å². The third kappa shape index (κ3) is 3.14. The molecule has 3 rings (SSSR count). The van der Waals surface area contributed by atoms with E-state index >= 15 is 0 Å². The van der Waals surface area contributed by atoms with Gasteiger partial charge in [0.05, 0.1) is 5.92 Å². The molecule has 3 N–H and O–H groups in total. The molecule has 0 fully saturated rings. The van der Waals surface area contributed by atoms with E-state index in [4.69, 9.17) is 0 Å². The van der Waals surface area contributed by atoms with Gasteiger partial charge in [0.1, 0.15) is 17.7 Å². The standard InChI is InChI=1S/C19H24N2O3/c1-13(23)15(12-22)10-14-6-7-18-19(24,8-9-20-11-14)16-4-2-3-5-17(16)21-18/h2-5,7,12,14-15,20-21,24H,6,8-11H2,1H3/b18-7-/t14-,15?,19-/m0/s1. The Bertz CT molecular complexity index is 670. The molecule has 2 aliphatic rings. The maximum absolute atomic E-state index is 11.5. The molecule has 0 spiro atoms. The van der Waals surface area contributed by atoms with E-state index in [1.54, 1.807) is 0 Å². The zero-order valence-corrected chi connectivity index (χ0v) is 13.9. The normalized spacial score (nSPS) is 29.6. The second-order valence-electron chi connectivity index (χ2n) is 6.79. The van der Waals surface area contributed by atoms with Crippen molar-refractivity contribution in [2.75, 3.05) is 18.4 Å². The number of aliphatic hydroxyl groups is 1. The third-order valence-electron chi connectivity index (χ3n) is 5.11. The first kappa shape index (κ1) is 16.9. The summed E-state index contributed by atoms with van der Waals surface area (Å²) in [6.07, 6.45) is 4.62. The van der Waals surface area contributed by atoms with Crippen molar-refractivity contribution in [1.29, 1.82) is 0 Å². The number of nitrogens with one attached hydrogen (secondary N) is 2. The predicted octanol–water partition coefficient (Wildman–Crippen LogP) is 1.98. The molecule has 0 aromatic heterocycles. The minimum absolute atomic E-state index is 0.0829. The summed E-state index contributed by atoms with van der Waals surface area (Å²) >= 11 is 0. The monoisotopic (exact) mass is 328 g/mol. The van der Waals surface area contributed by atoms with Gasteiger partial charge in [-0.2, -0.15) is 0 Å². The largest absolute Gasteiger partial charge is 0.379 e. The first-order valence-electron chi connectivity index (χ1n) is 8.50. The Morgan fingerprint density at radius 1 is 1.46 bits per heavy atom. The molecular formula is C19H24N2O3. The fourth-order valence-electron chi connectivity index (χ4n) is 3.63. The smallest absolute Gasteiger partial charge is 0.139 e. The van der Waals surface area contributed by atoms with Crippen LogP contribution in [-0.2, 0) is 15.2 Å². The molecule has 0 saturated carbocycles. The lowest BCUT2D eigenvalue weighted by Crippen LogP contribution is -2.32. The van der Waals surface area contributed by atoms with Crippen molar-refractivity contribution in [2.24, 2.45) is 11.8 Å². The first-order valence-corrected chi connectivity index (χ1v) is 8.50. The number of hydrogen-bond donors (Lipinski definition) is 3. The van der Waals surface area contributed by atoms with Crippen LogP contribution in [0.2, 0.25) is 0 Å². The number of carbonyl (C=O) groups excluding carboxylic acids is 2. The summed E-state index contributed by atoms with van der Waals surface area (Å²) in [5.41, 5.74) is 1.66. The Labute approximate surface area is 142 Å². The predicted molar refractivity (Wildman–Crippen MR) is 92.5 cm³/mol. The molecule has 24 heavy (non-hydrogen) atoms. The van der Waals surface area contributed by atoms with E-state index < -0.39 is 11.5 Å². The Balaban J connectivity index is 1.82. The van der Waals surface area contributed by atoms with Gasteiger partial charge in [-0.25, -0.2) is 0 Å². The van der Waals surface area contributed by atoms with Gasteiger partial charge >= 0.3 is 0 Å². The van der Waals surface area contributed by atoms with Gasteiger partial charge < -0.3 is 20.5 Å². The molecule has 0 bridgehead atoms. The summed E-state index contributed by atoms with van der Waals surface area (Å²) in [4.78, 5) is 22.6. The lowest BCUT2D eigenvalue weighted by atomic mass is 9.88. The van der Waals surface area contributed by atoms with E-state index in [-0.39, 0.29) is 11.7 Å². The Hall–Kier alpha value is -1.98. The van der Waals surface area contributed by atoms with E-state index in [2.05, 4.69) is 10.6 Å². The van der Waals surface area contributed by atoms with Gasteiger partial charge in [0.15, 0.2) is 0 Å². The van der Waals surface area contributed by atoms with Crippen LogP contribution < -0.4 is 10.6 Å². The second kappa shape index (κ2) is 6.87. The van der Waals surface area contributed by atoms with Crippen molar-refractivity contribution >= 4 is 17.8 Å². The fraction of sp³-hybridized carbons (Fsp3) is 0.474. The van der Waals surface area contributed by atoms with Crippen LogP contribution in [0.4, 0.5) is 5.69 Å². The van der Waals surface area contributed by atoms with Crippen LogP contribution in [-0.4, -0.2) is 30.3 Å². The fourth-order valence-corrected chi connectivity index (χ4v) is 3.63. The topological polar surface area (TPSA) is 78.4 Å². The number of fused-ring (bicyclic) bond motifs is 3. The SMILES string of the molecule is CC(=O)C(C=O)C[C@@H]1C/C=C2\Nc3ccccc3[C@@]2(O)CCNC1. The molecular weight excluding hydrogens is 304 g/mol. The van der Waals surface area contributed by atoms with Crippen LogP contribution in [0.5, 0.6) is 0 Å². The molecule has 5 heteroatoms. The summed E-state index contributed by atoms with van der Waals surface area (Å²) < 4.78 is 0. The molecule has 5 nitrogen and oxygen atoms in total. The third-order valence-corrected chi connectivity index (χ3v) is 5.11. The second-order valence-corrected chi connectivity index (χ2v) is 6.79. The van der Waals surface area contributed by atoms with Crippen LogP contribution in [0, 0.1) is 11.8 Å². The molecule has 128 valence electrons. The number of hydrogen-bond acceptors (Lipinski definition) is 5. The van der Waals surface area contributed by atoms with Crippen LogP contribution in [0.15, 0.2) is 36.0 Å². The Morgan fingerprint density at radius 2 is 2.25 bits per heavy atom. The van der Waals surface area contributed by atoms with E-state index in [0.29, 0.717) is 25.8 Å². The highest BCUT2D eigenvalue weighted by atomic mass is 16.3. The number of aldehydes is 1. The average Bonchev–Trinajstić information content (AvgIpc) is 2.88. The molecule has 1 aromatic rings. The number of benzene rings is 1. The molecule has 0 aliphatic carbocycles. The number of rotatable bonds is 4. The summed E-state index contributed by atoms with van der Waals surface area (Å²) in [5.74, 6) is -0.437. The lowest BCUT2D eigenvalue weighted by molar-refractivity contribution is -0.126. The molecule has 1 aromatic carbocycles. The molecule has 2 heterocycles. The summed E-state index contributed by atoms with van der Waals surface area (Å²) in [5, 5.41) is 17.9. The molecule has 1 unspecified atom stereocenters. The van der Waals surface area contributed by atoms with Gasteiger partial charge in [-0.1, -0.05) is 24.3 Å². The van der Waals surface area contributed by atoms with Gasteiger partial charge in [0.25, 0.3) is 0 Å². The molecule has 0 amide bonds. The average molecular weight is 328 g/mol. The highest BCUT2D eigenvalue weighted by Crippen LogP contribution is 2.44. The van der Waals surface area contributed by atoms with Gasteiger partial charge in [-0.3, -0.25) is 4.79 Å². The van der Waals surface area contributed by atoms with Crippen LogP contribution >= 0.6 is 0 Å². The van der Waals surface area contributed by atoms with Crippen molar-refractivity contribution < 1.29 is 14.7 Å². The first-order chi connectivity index (χ1) is 11.5. The summed E-state index contributed by atoms with van der Waals surface area (Å²) in [6.45, 7) is 2.87. The number of allylic oxidation sites excluding steroid dienone is 1. The zero-order valence-electron chi connectivity index (χ0n) is 13.9. The summed E-state index contributed by atoms with van der Waals surface area (Å²) in [6, 6.07) is 7.81. The number of anilines is 1. The maximum atomic E-state index is 11.5. The Kier molecular flexibility index (Phi) is 4.83. The molecule has 3 atom stereocenters. The van der Waals surface area contributed by atoms with E-state index in [0.717, 1.165) is 29.8 Å². The van der Waals surface area contributed by atoms with Crippen LogP contribution in [0.25, 0.3) is 0 Å². The quantitative estimate of drug-likeness (QED) is 0.582. The summed E-state index contributed by atoms with van der Waals surface area (Å²) in [7, 11) is 0. The van der Waals surface area contributed by atoms with Gasteiger partial charge in [0, 0.05) is 16.9 Å². The van der Waals surface area contributed by atoms with Crippen molar-refractivity contribution in [3.05, 3.63) is 41.6 Å². The number of para-hydroxylation sites is 1. The van der Waals surface area contributed by atoms with E-state index in [1.165, 1.54) is 6.92 Å². The van der Waals surface area contributed by atoms with Crippen LogP contribution in [0.1, 0.15) is 31.7 Å². The van der Waals surface area contributed by atoms with Gasteiger partial charge in [0.2, 0.25) is 0 Å². The van der Waals surface area contributed by atoms with E-state index in [1.807, 2.05) is 30.3 Å². The lowest BCUT2D eigenvalue weighted by Gasteiger charge is -2.24. The van der Waals surface area contributed by atoms with Crippen LogP contribution in [0.3, 0.4) is 0 Å². The van der Waals surface area contributed by atoms with E-state index in [9.17, 15) is 14.7 Å². The molecule has 0 radical (unpaired) electrons. The number of Topliss-reactive ketones (excluding diaryl/α,β-unsaturated/α-hetero) is 1. The maximum Gasteiger partial charge on any atom is 0.139 e.